The van der Waals surface area contributed by atoms with Crippen molar-refractivity contribution in [2.45, 2.75) is 51.0 Å². The van der Waals surface area contributed by atoms with Gasteiger partial charge in [-0.25, -0.2) is 0 Å². The van der Waals surface area contributed by atoms with Crippen molar-refractivity contribution in [3.05, 3.63) is 0 Å². The van der Waals surface area contributed by atoms with Crippen LogP contribution >= 0.6 is 24.0 Å². The van der Waals surface area contributed by atoms with Gasteiger partial charge in [-0.1, -0.05) is 12.8 Å². The summed E-state index contributed by atoms with van der Waals surface area (Å²) in [5, 5.41) is 6.98. The summed E-state index contributed by atoms with van der Waals surface area (Å²) in [5.41, 5.74) is 0. The van der Waals surface area contributed by atoms with Gasteiger partial charge in [0.2, 0.25) is 0 Å². The van der Waals surface area contributed by atoms with Gasteiger partial charge in [-0.15, -0.1) is 24.0 Å². The van der Waals surface area contributed by atoms with Crippen molar-refractivity contribution in [3.8, 4) is 0 Å². The van der Waals surface area contributed by atoms with Gasteiger partial charge in [-0.2, -0.15) is 0 Å². The summed E-state index contributed by atoms with van der Waals surface area (Å²) in [4.78, 5) is 9.33. The number of halogens is 1. The lowest BCUT2D eigenvalue weighted by Crippen LogP contribution is -2.46. The first kappa shape index (κ1) is 22.0. The van der Waals surface area contributed by atoms with E-state index in [0.29, 0.717) is 6.04 Å². The first-order valence-electron chi connectivity index (χ1n) is 9.54. The quantitative estimate of drug-likeness (QED) is 0.258. The molecule has 1 aliphatic heterocycles. The molecule has 2 fully saturated rings. The fourth-order valence-electron chi connectivity index (χ4n) is 3.54. The Kier molecular flexibility index (Phi) is 11.3. The number of hydrogen-bond donors (Lipinski definition) is 2. The van der Waals surface area contributed by atoms with Crippen molar-refractivity contribution in [2.24, 2.45) is 10.9 Å². The summed E-state index contributed by atoms with van der Waals surface area (Å²) in [6.45, 7) is 5.79. The standard InChI is InChI=1S/C18H37N5.HI/c1-19-18(21-15-17(22(2)3)16-9-10-16)20-11-8-14-23-12-6-4-5-7-13-23;/h16-17H,4-15H2,1-3H3,(H2,19,20,21);1H. The first-order chi connectivity index (χ1) is 11.2. The van der Waals surface area contributed by atoms with Crippen LogP contribution < -0.4 is 10.6 Å². The lowest BCUT2D eigenvalue weighted by molar-refractivity contribution is 0.263. The summed E-state index contributed by atoms with van der Waals surface area (Å²) in [6, 6.07) is 0.630. The molecule has 0 aromatic carbocycles. The molecular weight excluding hydrogens is 413 g/mol. The molecule has 0 aromatic heterocycles. The van der Waals surface area contributed by atoms with E-state index in [1.807, 2.05) is 7.05 Å². The van der Waals surface area contributed by atoms with E-state index in [0.717, 1.165) is 25.0 Å². The number of likely N-dealkylation sites (N-methyl/N-ethyl adjacent to an activating group) is 1. The lowest BCUT2D eigenvalue weighted by Gasteiger charge is -2.25. The van der Waals surface area contributed by atoms with Gasteiger partial charge in [0, 0.05) is 26.2 Å². The molecule has 1 heterocycles. The van der Waals surface area contributed by atoms with Gasteiger partial charge < -0.3 is 20.4 Å². The van der Waals surface area contributed by atoms with Crippen LogP contribution in [0.3, 0.4) is 0 Å². The van der Waals surface area contributed by atoms with Crippen molar-refractivity contribution in [1.29, 1.82) is 0 Å². The maximum Gasteiger partial charge on any atom is 0.191 e. The lowest BCUT2D eigenvalue weighted by atomic mass is 10.1. The Morgan fingerprint density at radius 2 is 1.79 bits per heavy atom. The number of aliphatic imine (C=N–C) groups is 1. The van der Waals surface area contributed by atoms with E-state index < -0.39 is 0 Å². The zero-order valence-electron chi connectivity index (χ0n) is 15.9. The highest BCUT2D eigenvalue weighted by Gasteiger charge is 2.32. The smallest absolute Gasteiger partial charge is 0.191 e. The third-order valence-electron chi connectivity index (χ3n) is 5.17. The number of nitrogens with zero attached hydrogens (tertiary/aromatic N) is 3. The highest BCUT2D eigenvalue weighted by molar-refractivity contribution is 14.0. The fourth-order valence-corrected chi connectivity index (χ4v) is 3.54. The number of nitrogens with one attached hydrogen (secondary N) is 2. The van der Waals surface area contributed by atoms with E-state index in [1.54, 1.807) is 0 Å². The second-order valence-corrected chi connectivity index (χ2v) is 7.36. The van der Waals surface area contributed by atoms with Gasteiger partial charge in [-0.05, 0) is 71.8 Å². The molecule has 2 N–H and O–H groups in total. The molecule has 2 rings (SSSR count). The third-order valence-corrected chi connectivity index (χ3v) is 5.17. The van der Waals surface area contributed by atoms with Crippen LogP contribution in [0.4, 0.5) is 0 Å². The average Bonchev–Trinajstić information content (AvgIpc) is 3.36. The van der Waals surface area contributed by atoms with E-state index in [4.69, 9.17) is 0 Å². The number of guanidine groups is 1. The van der Waals surface area contributed by atoms with E-state index >= 15 is 0 Å². The fraction of sp³-hybridized carbons (Fsp3) is 0.944. The van der Waals surface area contributed by atoms with Gasteiger partial charge in [0.15, 0.2) is 5.96 Å². The highest BCUT2D eigenvalue weighted by Crippen LogP contribution is 2.34. The molecule has 0 bridgehead atoms. The van der Waals surface area contributed by atoms with E-state index in [9.17, 15) is 0 Å². The van der Waals surface area contributed by atoms with E-state index in [1.165, 1.54) is 64.6 Å². The predicted octanol–water partition coefficient (Wildman–Crippen LogP) is 2.38. The Hall–Kier alpha value is -0.0800. The van der Waals surface area contributed by atoms with Gasteiger partial charge in [0.05, 0.1) is 0 Å². The zero-order chi connectivity index (χ0) is 16.5. The molecule has 0 amide bonds. The number of rotatable bonds is 8. The van der Waals surface area contributed by atoms with Crippen LogP contribution in [0.5, 0.6) is 0 Å². The molecule has 1 atom stereocenters. The average molecular weight is 451 g/mol. The highest BCUT2D eigenvalue weighted by atomic mass is 127. The normalized spacial score (nSPS) is 21.1. The molecule has 142 valence electrons. The molecule has 0 aromatic rings. The van der Waals surface area contributed by atoms with Gasteiger partial charge in [0.25, 0.3) is 0 Å². The molecule has 5 nitrogen and oxygen atoms in total. The molecule has 1 aliphatic carbocycles. The van der Waals surface area contributed by atoms with Gasteiger partial charge >= 0.3 is 0 Å². The maximum atomic E-state index is 4.36. The Labute approximate surface area is 166 Å². The van der Waals surface area contributed by atoms with Crippen molar-refractivity contribution < 1.29 is 0 Å². The van der Waals surface area contributed by atoms with Gasteiger partial charge in [0.1, 0.15) is 0 Å². The molecule has 24 heavy (non-hydrogen) atoms. The number of hydrogen-bond acceptors (Lipinski definition) is 3. The molecule has 6 heteroatoms. The second kappa shape index (κ2) is 12.3. The topological polar surface area (TPSA) is 42.9 Å². The van der Waals surface area contributed by atoms with Crippen LogP contribution in [0.25, 0.3) is 0 Å². The van der Waals surface area contributed by atoms with Crippen molar-refractivity contribution in [2.75, 3.05) is 53.9 Å². The second-order valence-electron chi connectivity index (χ2n) is 7.36. The number of likely N-dealkylation sites (tertiary alicyclic amines) is 1. The maximum absolute atomic E-state index is 4.36. The summed E-state index contributed by atoms with van der Waals surface area (Å²) in [6.07, 6.45) is 9.55. The first-order valence-corrected chi connectivity index (χ1v) is 9.54. The summed E-state index contributed by atoms with van der Waals surface area (Å²) in [7, 11) is 6.23. The van der Waals surface area contributed by atoms with Crippen LogP contribution in [0.15, 0.2) is 4.99 Å². The molecule has 1 saturated heterocycles. The van der Waals surface area contributed by atoms with Crippen molar-refractivity contribution in [3.63, 3.8) is 0 Å². The van der Waals surface area contributed by atoms with Crippen LogP contribution in [-0.4, -0.2) is 75.7 Å². The van der Waals surface area contributed by atoms with Crippen molar-refractivity contribution in [1.82, 2.24) is 20.4 Å². The molecular formula is C18H38IN5. The van der Waals surface area contributed by atoms with E-state index in [-0.39, 0.29) is 24.0 Å². The Bertz CT molecular complexity index is 347. The molecule has 0 spiro atoms. The summed E-state index contributed by atoms with van der Waals surface area (Å²) >= 11 is 0. The minimum Gasteiger partial charge on any atom is -0.356 e. The molecule has 1 unspecified atom stereocenters. The van der Waals surface area contributed by atoms with Crippen LogP contribution in [-0.2, 0) is 0 Å². The largest absolute Gasteiger partial charge is 0.356 e. The summed E-state index contributed by atoms with van der Waals surface area (Å²) < 4.78 is 0. The molecule has 2 aliphatic rings. The minimum atomic E-state index is 0. The summed E-state index contributed by atoms with van der Waals surface area (Å²) in [5.74, 6) is 1.83. The Morgan fingerprint density at radius 1 is 1.12 bits per heavy atom. The minimum absolute atomic E-state index is 0. The zero-order valence-corrected chi connectivity index (χ0v) is 18.2. The van der Waals surface area contributed by atoms with E-state index in [2.05, 4.69) is 39.5 Å². The monoisotopic (exact) mass is 451 g/mol. The van der Waals surface area contributed by atoms with Crippen LogP contribution in [0, 0.1) is 5.92 Å². The molecule has 1 saturated carbocycles. The SMILES string of the molecule is CN=C(NCCCN1CCCCCC1)NCC(C1CC1)N(C)C.I. The Balaban J connectivity index is 0.00000288. The van der Waals surface area contributed by atoms with Crippen LogP contribution in [0.2, 0.25) is 0 Å². The molecule has 0 radical (unpaired) electrons. The van der Waals surface area contributed by atoms with Crippen molar-refractivity contribution >= 4 is 29.9 Å². The predicted molar refractivity (Wildman–Crippen MR) is 115 cm³/mol. The third kappa shape index (κ3) is 8.34. The van der Waals surface area contributed by atoms with Crippen LogP contribution in [0.1, 0.15) is 44.9 Å². The Morgan fingerprint density at radius 3 is 2.33 bits per heavy atom. The van der Waals surface area contributed by atoms with Gasteiger partial charge in [-0.3, -0.25) is 4.99 Å².